The van der Waals surface area contributed by atoms with Crippen molar-refractivity contribution in [1.29, 1.82) is 0 Å². The van der Waals surface area contributed by atoms with E-state index in [1.54, 1.807) is 17.0 Å². The van der Waals surface area contributed by atoms with Gasteiger partial charge in [0.1, 0.15) is 11.3 Å². The Balaban J connectivity index is 1.54. The van der Waals surface area contributed by atoms with Crippen molar-refractivity contribution in [2.24, 2.45) is 5.92 Å². The van der Waals surface area contributed by atoms with E-state index in [1.807, 2.05) is 30.3 Å². The molecule has 190 valence electrons. The Hall–Kier alpha value is -2.68. The predicted octanol–water partition coefficient (Wildman–Crippen LogP) is 4.86. The van der Waals surface area contributed by atoms with Gasteiger partial charge in [-0.2, -0.15) is 0 Å². The van der Waals surface area contributed by atoms with Crippen LogP contribution in [-0.4, -0.2) is 61.7 Å². The summed E-state index contributed by atoms with van der Waals surface area (Å²) in [5.41, 5.74) is 1.47. The number of amides is 1. The molecule has 7 nitrogen and oxygen atoms in total. The number of nitrogens with zero attached hydrogens (tertiary/aromatic N) is 2. The van der Waals surface area contributed by atoms with Crippen LogP contribution in [0.5, 0.6) is 5.75 Å². The van der Waals surface area contributed by atoms with E-state index in [-0.39, 0.29) is 17.1 Å². The fraction of sp³-hybridized carbons (Fsp3) is 0.429. The Morgan fingerprint density at radius 1 is 1.08 bits per heavy atom. The van der Waals surface area contributed by atoms with E-state index in [0.29, 0.717) is 55.4 Å². The van der Waals surface area contributed by atoms with Crippen LogP contribution in [0.2, 0.25) is 0 Å². The molecule has 2 aliphatic heterocycles. The molecule has 3 aromatic rings. The average molecular weight is 555 g/mol. The summed E-state index contributed by atoms with van der Waals surface area (Å²) in [7, 11) is 0. The van der Waals surface area contributed by atoms with Crippen molar-refractivity contribution >= 4 is 32.8 Å². The Morgan fingerprint density at radius 3 is 2.67 bits per heavy atom. The van der Waals surface area contributed by atoms with E-state index in [4.69, 9.17) is 13.9 Å². The SMILES string of the molecule is CC(C)CCOc1cccc(C2c3c(oc4ccc(Br)cc4c3=O)C(=O)N2CCN2CCOCC2)c1. The zero-order valence-corrected chi connectivity index (χ0v) is 22.3. The molecule has 0 spiro atoms. The van der Waals surface area contributed by atoms with Crippen LogP contribution < -0.4 is 10.2 Å². The van der Waals surface area contributed by atoms with Crippen molar-refractivity contribution in [1.82, 2.24) is 9.80 Å². The van der Waals surface area contributed by atoms with Crippen molar-refractivity contribution in [3.8, 4) is 5.75 Å². The molecule has 1 fully saturated rings. The molecule has 1 saturated heterocycles. The van der Waals surface area contributed by atoms with E-state index in [0.717, 1.165) is 35.3 Å². The Kier molecular flexibility index (Phi) is 7.46. The summed E-state index contributed by atoms with van der Waals surface area (Å²) < 4.78 is 18.3. The fourth-order valence-electron chi connectivity index (χ4n) is 4.83. The van der Waals surface area contributed by atoms with E-state index in [2.05, 4.69) is 34.7 Å². The van der Waals surface area contributed by atoms with Crippen molar-refractivity contribution in [2.45, 2.75) is 26.3 Å². The maximum atomic E-state index is 13.8. The van der Waals surface area contributed by atoms with Gasteiger partial charge in [0.2, 0.25) is 5.76 Å². The summed E-state index contributed by atoms with van der Waals surface area (Å²) in [6.07, 6.45) is 0.950. The summed E-state index contributed by atoms with van der Waals surface area (Å²) in [5, 5.41) is 0.459. The average Bonchev–Trinajstić information content (AvgIpc) is 3.15. The molecular formula is C28H31BrN2O5. The number of carbonyl (C=O) groups is 1. The predicted molar refractivity (Wildman–Crippen MR) is 142 cm³/mol. The number of halogens is 1. The van der Waals surface area contributed by atoms with Gasteiger partial charge in [-0.25, -0.2) is 0 Å². The molecule has 1 unspecified atom stereocenters. The Morgan fingerprint density at radius 2 is 1.89 bits per heavy atom. The minimum atomic E-state index is -0.540. The first kappa shape index (κ1) is 25.0. The van der Waals surface area contributed by atoms with Crippen LogP contribution in [0.25, 0.3) is 11.0 Å². The third-order valence-corrected chi connectivity index (χ3v) is 7.32. The minimum Gasteiger partial charge on any atom is -0.494 e. The molecule has 1 amide bonds. The van der Waals surface area contributed by atoms with Gasteiger partial charge in [0, 0.05) is 30.7 Å². The van der Waals surface area contributed by atoms with Gasteiger partial charge >= 0.3 is 0 Å². The summed E-state index contributed by atoms with van der Waals surface area (Å²) in [6.45, 7) is 9.14. The summed E-state index contributed by atoms with van der Waals surface area (Å²) in [5.74, 6) is 1.15. The molecule has 1 aromatic heterocycles. The number of carbonyl (C=O) groups excluding carboxylic acids is 1. The Bertz CT molecular complexity index is 1320. The van der Waals surface area contributed by atoms with Crippen LogP contribution in [0.1, 0.15) is 48.0 Å². The second-order valence-corrected chi connectivity index (χ2v) is 10.7. The van der Waals surface area contributed by atoms with Crippen LogP contribution in [0, 0.1) is 5.92 Å². The van der Waals surface area contributed by atoms with Gasteiger partial charge in [0.25, 0.3) is 5.91 Å². The van der Waals surface area contributed by atoms with Crippen molar-refractivity contribution in [3.63, 3.8) is 0 Å². The standard InChI is InChI=1S/C28H31BrN2O5/c1-18(2)8-13-35-21-5-3-4-19(16-21)25-24-26(32)22-17-20(29)6-7-23(22)36-27(24)28(33)31(25)10-9-30-11-14-34-15-12-30/h3-7,16-18,25H,8-15H2,1-2H3. The first-order valence-corrected chi connectivity index (χ1v) is 13.3. The van der Waals surface area contributed by atoms with Gasteiger partial charge in [-0.15, -0.1) is 0 Å². The molecule has 1 atom stereocenters. The van der Waals surface area contributed by atoms with Crippen molar-refractivity contribution in [3.05, 3.63) is 74.0 Å². The Labute approximate surface area is 219 Å². The van der Waals surface area contributed by atoms with Crippen molar-refractivity contribution < 1.29 is 18.7 Å². The summed E-state index contributed by atoms with van der Waals surface area (Å²) in [4.78, 5) is 31.5. The number of rotatable bonds is 8. The monoisotopic (exact) mass is 554 g/mol. The minimum absolute atomic E-state index is 0.132. The zero-order chi connectivity index (χ0) is 25.2. The lowest BCUT2D eigenvalue weighted by Crippen LogP contribution is -2.42. The van der Waals surface area contributed by atoms with E-state index in [1.165, 1.54) is 0 Å². The van der Waals surface area contributed by atoms with Crippen LogP contribution in [-0.2, 0) is 4.74 Å². The number of benzene rings is 2. The highest BCUT2D eigenvalue weighted by Crippen LogP contribution is 2.39. The molecule has 0 saturated carbocycles. The normalized spacial score (nSPS) is 18.3. The molecule has 2 aliphatic rings. The highest BCUT2D eigenvalue weighted by molar-refractivity contribution is 9.10. The summed E-state index contributed by atoms with van der Waals surface area (Å²) >= 11 is 3.45. The number of hydrogen-bond donors (Lipinski definition) is 0. The maximum Gasteiger partial charge on any atom is 0.290 e. The smallest absolute Gasteiger partial charge is 0.290 e. The number of hydrogen-bond acceptors (Lipinski definition) is 6. The topological polar surface area (TPSA) is 72.2 Å². The zero-order valence-electron chi connectivity index (χ0n) is 20.7. The van der Waals surface area contributed by atoms with Gasteiger partial charge in [-0.3, -0.25) is 14.5 Å². The largest absolute Gasteiger partial charge is 0.494 e. The molecule has 3 heterocycles. The third-order valence-electron chi connectivity index (χ3n) is 6.83. The second-order valence-electron chi connectivity index (χ2n) is 9.77. The molecule has 0 aliphatic carbocycles. The molecule has 8 heteroatoms. The van der Waals surface area contributed by atoms with Crippen LogP contribution in [0.15, 0.2) is 56.1 Å². The molecule has 2 aromatic carbocycles. The maximum absolute atomic E-state index is 13.8. The van der Waals surface area contributed by atoms with Gasteiger partial charge < -0.3 is 18.8 Å². The lowest BCUT2D eigenvalue weighted by Gasteiger charge is -2.31. The fourth-order valence-corrected chi connectivity index (χ4v) is 5.19. The highest BCUT2D eigenvalue weighted by Gasteiger charge is 2.42. The first-order valence-electron chi connectivity index (χ1n) is 12.5. The number of fused-ring (bicyclic) bond motifs is 2. The molecule has 0 radical (unpaired) electrons. The molecule has 36 heavy (non-hydrogen) atoms. The second kappa shape index (κ2) is 10.7. The molecule has 5 rings (SSSR count). The number of morpholine rings is 1. The van der Waals surface area contributed by atoms with Crippen LogP contribution >= 0.6 is 15.9 Å². The number of ether oxygens (including phenoxy) is 2. The lowest BCUT2D eigenvalue weighted by molar-refractivity contribution is 0.0314. The van der Waals surface area contributed by atoms with Gasteiger partial charge in [-0.05, 0) is 48.2 Å². The van der Waals surface area contributed by atoms with Gasteiger partial charge in [0.15, 0.2) is 5.43 Å². The third kappa shape index (κ3) is 5.08. The van der Waals surface area contributed by atoms with E-state index in [9.17, 15) is 9.59 Å². The molecule has 0 bridgehead atoms. The van der Waals surface area contributed by atoms with E-state index < -0.39 is 6.04 Å². The van der Waals surface area contributed by atoms with Gasteiger partial charge in [-0.1, -0.05) is 41.9 Å². The van der Waals surface area contributed by atoms with Crippen LogP contribution in [0.3, 0.4) is 0 Å². The van der Waals surface area contributed by atoms with E-state index >= 15 is 0 Å². The highest BCUT2D eigenvalue weighted by atomic mass is 79.9. The van der Waals surface area contributed by atoms with Crippen LogP contribution in [0.4, 0.5) is 0 Å². The van der Waals surface area contributed by atoms with Crippen molar-refractivity contribution in [2.75, 3.05) is 46.0 Å². The summed E-state index contributed by atoms with van der Waals surface area (Å²) in [6, 6.07) is 12.5. The first-order chi connectivity index (χ1) is 17.4. The molecular weight excluding hydrogens is 524 g/mol. The quantitative estimate of drug-likeness (QED) is 0.396. The molecule has 0 N–H and O–H groups in total. The van der Waals surface area contributed by atoms with Gasteiger partial charge in [0.05, 0.1) is 36.8 Å². The lowest BCUT2D eigenvalue weighted by atomic mass is 9.98.